The molecule has 4 heteroatoms. The third-order valence-corrected chi connectivity index (χ3v) is 2.52. The molecular weight excluding hydrogens is 228 g/mol. The van der Waals surface area contributed by atoms with E-state index in [9.17, 15) is 5.11 Å². The third-order valence-electron chi connectivity index (χ3n) is 2.52. The van der Waals surface area contributed by atoms with Crippen LogP contribution in [0.25, 0.3) is 0 Å². The first kappa shape index (κ1) is 14.8. The lowest BCUT2D eigenvalue weighted by Gasteiger charge is -2.25. The van der Waals surface area contributed by atoms with Crippen LogP contribution in [-0.4, -0.2) is 42.4 Å². The molecule has 0 aliphatic rings. The smallest absolute Gasteiger partial charge is 0.142 e. The molecular formula is C14H24N2O2. The van der Waals surface area contributed by atoms with Crippen LogP contribution in [0.5, 0.6) is 5.75 Å². The molecule has 0 amide bonds. The van der Waals surface area contributed by atoms with Gasteiger partial charge in [-0.3, -0.25) is 0 Å². The number of nitrogens with zero attached hydrogens (tertiary/aromatic N) is 1. The van der Waals surface area contributed by atoms with Gasteiger partial charge in [-0.25, -0.2) is 0 Å². The zero-order valence-electron chi connectivity index (χ0n) is 11.5. The van der Waals surface area contributed by atoms with Crippen molar-refractivity contribution in [3.8, 4) is 5.75 Å². The Morgan fingerprint density at radius 1 is 1.33 bits per heavy atom. The summed E-state index contributed by atoms with van der Waals surface area (Å²) in [5.74, 6) is 0.739. The summed E-state index contributed by atoms with van der Waals surface area (Å²) in [7, 11) is 1.99. The molecule has 0 aromatic heterocycles. The number of rotatable bonds is 7. The van der Waals surface area contributed by atoms with Gasteiger partial charge in [0.1, 0.15) is 5.75 Å². The van der Waals surface area contributed by atoms with E-state index in [4.69, 9.17) is 10.5 Å². The number of para-hydroxylation sites is 2. The predicted molar refractivity (Wildman–Crippen MR) is 74.8 cm³/mol. The van der Waals surface area contributed by atoms with Crippen molar-refractivity contribution in [2.24, 2.45) is 0 Å². The molecule has 0 spiro atoms. The van der Waals surface area contributed by atoms with Crippen molar-refractivity contribution >= 4 is 5.69 Å². The second-order valence-electron chi connectivity index (χ2n) is 5.29. The van der Waals surface area contributed by atoms with Gasteiger partial charge in [-0.15, -0.1) is 0 Å². The van der Waals surface area contributed by atoms with E-state index in [-0.39, 0.29) is 0 Å². The van der Waals surface area contributed by atoms with Gasteiger partial charge in [0.25, 0.3) is 0 Å². The highest BCUT2D eigenvalue weighted by Crippen LogP contribution is 2.19. The monoisotopic (exact) mass is 252 g/mol. The Kier molecular flexibility index (Phi) is 5.44. The Morgan fingerprint density at radius 2 is 2.00 bits per heavy atom. The largest absolute Gasteiger partial charge is 0.491 e. The van der Waals surface area contributed by atoms with Crippen LogP contribution < -0.4 is 10.5 Å². The molecule has 3 N–H and O–H groups in total. The highest BCUT2D eigenvalue weighted by molar-refractivity contribution is 5.51. The van der Waals surface area contributed by atoms with E-state index in [0.717, 1.165) is 18.7 Å². The Hall–Kier alpha value is -1.26. The number of benzene rings is 1. The Bertz CT molecular complexity index is 361. The van der Waals surface area contributed by atoms with Crippen LogP contribution in [-0.2, 0) is 0 Å². The van der Waals surface area contributed by atoms with Crippen LogP contribution in [0.3, 0.4) is 0 Å². The third kappa shape index (κ3) is 5.89. The number of hydrogen-bond donors (Lipinski definition) is 2. The standard InChI is InChI=1S/C14H24N2O2/c1-14(2,17)11-16(3)9-6-10-18-13-8-5-4-7-12(13)15/h4-5,7-8,17H,6,9-11,15H2,1-3H3. The molecule has 0 bridgehead atoms. The van der Waals surface area contributed by atoms with Gasteiger partial charge in [-0.1, -0.05) is 12.1 Å². The van der Waals surface area contributed by atoms with E-state index in [1.54, 1.807) is 0 Å². The van der Waals surface area contributed by atoms with Crippen molar-refractivity contribution in [3.05, 3.63) is 24.3 Å². The fourth-order valence-electron chi connectivity index (χ4n) is 1.87. The fraction of sp³-hybridized carbons (Fsp3) is 0.571. The maximum Gasteiger partial charge on any atom is 0.142 e. The van der Waals surface area contributed by atoms with E-state index in [0.29, 0.717) is 18.8 Å². The molecule has 1 aromatic rings. The maximum atomic E-state index is 9.67. The van der Waals surface area contributed by atoms with Gasteiger partial charge >= 0.3 is 0 Å². The molecule has 0 unspecified atom stereocenters. The number of likely N-dealkylation sites (N-methyl/N-ethyl adjacent to an activating group) is 1. The summed E-state index contributed by atoms with van der Waals surface area (Å²) in [6.45, 7) is 5.79. The van der Waals surface area contributed by atoms with Crippen molar-refractivity contribution in [2.45, 2.75) is 25.9 Å². The molecule has 102 valence electrons. The predicted octanol–water partition coefficient (Wildman–Crippen LogP) is 1.74. The van der Waals surface area contributed by atoms with Gasteiger partial charge in [0.2, 0.25) is 0 Å². The summed E-state index contributed by atoms with van der Waals surface area (Å²) in [6, 6.07) is 7.50. The first-order chi connectivity index (χ1) is 8.38. The maximum absolute atomic E-state index is 9.67. The van der Waals surface area contributed by atoms with Crippen LogP contribution in [0.2, 0.25) is 0 Å². The number of nitrogens with two attached hydrogens (primary N) is 1. The zero-order chi connectivity index (χ0) is 13.6. The summed E-state index contributed by atoms with van der Waals surface area (Å²) < 4.78 is 5.60. The molecule has 0 fully saturated rings. The van der Waals surface area contributed by atoms with Crippen molar-refractivity contribution in [1.29, 1.82) is 0 Å². The molecule has 1 rings (SSSR count). The molecule has 4 nitrogen and oxygen atoms in total. The molecule has 0 saturated carbocycles. The van der Waals surface area contributed by atoms with Gasteiger partial charge in [0.15, 0.2) is 0 Å². The highest BCUT2D eigenvalue weighted by Gasteiger charge is 2.14. The summed E-state index contributed by atoms with van der Waals surface area (Å²) in [4.78, 5) is 2.09. The van der Waals surface area contributed by atoms with E-state index in [1.165, 1.54) is 0 Å². The fourth-order valence-corrected chi connectivity index (χ4v) is 1.87. The second-order valence-corrected chi connectivity index (χ2v) is 5.29. The van der Waals surface area contributed by atoms with Gasteiger partial charge < -0.3 is 20.5 Å². The molecule has 0 radical (unpaired) electrons. The second kappa shape index (κ2) is 6.61. The first-order valence-corrected chi connectivity index (χ1v) is 6.27. The van der Waals surface area contributed by atoms with Gasteiger partial charge in [0, 0.05) is 13.1 Å². The average Bonchev–Trinajstić information content (AvgIpc) is 2.24. The van der Waals surface area contributed by atoms with Crippen LogP contribution in [0.15, 0.2) is 24.3 Å². The number of anilines is 1. The van der Waals surface area contributed by atoms with Crippen molar-refractivity contribution in [3.63, 3.8) is 0 Å². The minimum absolute atomic E-state index is 0.629. The Labute approximate surface area is 109 Å². The summed E-state index contributed by atoms with van der Waals surface area (Å²) in [5, 5.41) is 9.67. The molecule has 0 aliphatic carbocycles. The minimum atomic E-state index is -0.653. The number of hydrogen-bond acceptors (Lipinski definition) is 4. The van der Waals surface area contributed by atoms with Crippen LogP contribution in [0.1, 0.15) is 20.3 Å². The van der Waals surface area contributed by atoms with Gasteiger partial charge in [-0.2, -0.15) is 0 Å². The molecule has 18 heavy (non-hydrogen) atoms. The quantitative estimate of drug-likeness (QED) is 0.573. The Morgan fingerprint density at radius 3 is 2.61 bits per heavy atom. The van der Waals surface area contributed by atoms with E-state index in [2.05, 4.69) is 4.90 Å². The van der Waals surface area contributed by atoms with Crippen molar-refractivity contribution < 1.29 is 9.84 Å². The molecule has 0 aliphatic heterocycles. The van der Waals surface area contributed by atoms with Crippen LogP contribution >= 0.6 is 0 Å². The van der Waals surface area contributed by atoms with Crippen LogP contribution in [0, 0.1) is 0 Å². The summed E-state index contributed by atoms with van der Waals surface area (Å²) in [6.07, 6.45) is 0.904. The number of nitrogen functional groups attached to an aromatic ring is 1. The summed E-state index contributed by atoms with van der Waals surface area (Å²) >= 11 is 0. The minimum Gasteiger partial charge on any atom is -0.491 e. The SMILES string of the molecule is CN(CCCOc1ccccc1N)CC(C)(C)O. The van der Waals surface area contributed by atoms with E-state index in [1.807, 2.05) is 45.2 Å². The first-order valence-electron chi connectivity index (χ1n) is 6.27. The summed E-state index contributed by atoms with van der Waals surface area (Å²) in [5.41, 5.74) is 5.79. The molecule has 0 saturated heterocycles. The van der Waals surface area contributed by atoms with Gasteiger partial charge in [0.05, 0.1) is 17.9 Å². The Balaban J connectivity index is 2.21. The van der Waals surface area contributed by atoms with Crippen molar-refractivity contribution in [2.75, 3.05) is 32.5 Å². The lowest BCUT2D eigenvalue weighted by molar-refractivity contribution is 0.0433. The van der Waals surface area contributed by atoms with Crippen molar-refractivity contribution in [1.82, 2.24) is 4.90 Å². The van der Waals surface area contributed by atoms with E-state index >= 15 is 0 Å². The number of aliphatic hydroxyl groups is 1. The zero-order valence-corrected chi connectivity index (χ0v) is 11.5. The normalized spacial score (nSPS) is 11.8. The van der Waals surface area contributed by atoms with Gasteiger partial charge in [-0.05, 0) is 39.4 Å². The topological polar surface area (TPSA) is 58.7 Å². The number of ether oxygens (including phenoxy) is 1. The molecule has 0 atom stereocenters. The average molecular weight is 252 g/mol. The lowest BCUT2D eigenvalue weighted by atomic mass is 10.1. The lowest BCUT2D eigenvalue weighted by Crippen LogP contribution is -2.37. The van der Waals surface area contributed by atoms with E-state index < -0.39 is 5.60 Å². The molecule has 0 heterocycles. The molecule has 1 aromatic carbocycles. The highest BCUT2D eigenvalue weighted by atomic mass is 16.5. The van der Waals surface area contributed by atoms with Crippen LogP contribution in [0.4, 0.5) is 5.69 Å².